The highest BCUT2D eigenvalue weighted by Gasteiger charge is 2.42. The van der Waals surface area contributed by atoms with Crippen molar-refractivity contribution in [3.8, 4) is 5.75 Å². The Kier molecular flexibility index (Phi) is 4.62. The van der Waals surface area contributed by atoms with Gasteiger partial charge in [0.25, 0.3) is 0 Å². The van der Waals surface area contributed by atoms with Crippen LogP contribution in [-0.2, 0) is 14.8 Å². The van der Waals surface area contributed by atoms with Gasteiger partial charge in [-0.2, -0.15) is 4.31 Å². The molecule has 5 nitrogen and oxygen atoms in total. The Labute approximate surface area is 136 Å². The maximum Gasteiger partial charge on any atom is 0.243 e. The van der Waals surface area contributed by atoms with E-state index in [0.29, 0.717) is 25.6 Å². The molecular formula is C16H22FNO4S. The molecule has 128 valence electrons. The van der Waals surface area contributed by atoms with Crippen LogP contribution in [0.15, 0.2) is 23.1 Å². The number of rotatable bonds is 4. The lowest BCUT2D eigenvalue weighted by Gasteiger charge is -2.34. The van der Waals surface area contributed by atoms with Crippen LogP contribution in [-0.4, -0.2) is 45.6 Å². The molecule has 3 rings (SSSR count). The van der Waals surface area contributed by atoms with Crippen molar-refractivity contribution in [2.75, 3.05) is 26.8 Å². The molecule has 0 radical (unpaired) electrons. The summed E-state index contributed by atoms with van der Waals surface area (Å²) >= 11 is 0. The molecule has 0 aromatic heterocycles. The average Bonchev–Trinajstić information content (AvgIpc) is 2.97. The second-order valence-corrected chi connectivity index (χ2v) is 8.09. The van der Waals surface area contributed by atoms with Gasteiger partial charge in [0.05, 0.1) is 24.7 Å². The van der Waals surface area contributed by atoms with E-state index in [1.807, 2.05) is 0 Å². The summed E-state index contributed by atoms with van der Waals surface area (Å²) in [5, 5.41) is 0. The molecule has 2 aliphatic heterocycles. The molecule has 1 aromatic carbocycles. The molecule has 1 aromatic rings. The molecule has 7 heteroatoms. The van der Waals surface area contributed by atoms with Crippen molar-refractivity contribution >= 4 is 10.0 Å². The van der Waals surface area contributed by atoms with Gasteiger partial charge in [-0.05, 0) is 37.0 Å². The number of nitrogens with zero attached hydrogens (tertiary/aromatic N) is 1. The van der Waals surface area contributed by atoms with Crippen molar-refractivity contribution in [2.24, 2.45) is 11.8 Å². The summed E-state index contributed by atoms with van der Waals surface area (Å²) in [5.74, 6) is 0.0296. The number of sulfonamides is 1. The van der Waals surface area contributed by atoms with Crippen LogP contribution in [0, 0.1) is 17.7 Å². The smallest absolute Gasteiger partial charge is 0.243 e. The summed E-state index contributed by atoms with van der Waals surface area (Å²) in [6, 6.07) is 3.77. The fourth-order valence-electron chi connectivity index (χ4n) is 3.65. The van der Waals surface area contributed by atoms with Crippen molar-refractivity contribution in [1.82, 2.24) is 4.31 Å². The molecular weight excluding hydrogens is 321 g/mol. The number of benzene rings is 1. The summed E-state index contributed by atoms with van der Waals surface area (Å²) in [6.07, 6.45) is 1.99. The van der Waals surface area contributed by atoms with Crippen LogP contribution in [0.3, 0.4) is 0 Å². The summed E-state index contributed by atoms with van der Waals surface area (Å²) in [5.41, 5.74) is 0. The van der Waals surface area contributed by atoms with Crippen molar-refractivity contribution < 1.29 is 22.3 Å². The molecule has 2 fully saturated rings. The van der Waals surface area contributed by atoms with Gasteiger partial charge in [0.2, 0.25) is 10.0 Å². The molecule has 0 unspecified atom stereocenters. The highest BCUT2D eigenvalue weighted by molar-refractivity contribution is 7.89. The molecule has 0 amide bonds. The maximum atomic E-state index is 13.8. The van der Waals surface area contributed by atoms with Crippen LogP contribution in [0.1, 0.15) is 19.8 Å². The number of fused-ring (bicyclic) bond motifs is 1. The molecule has 0 aliphatic carbocycles. The van der Waals surface area contributed by atoms with Gasteiger partial charge in [-0.25, -0.2) is 12.8 Å². The van der Waals surface area contributed by atoms with Crippen molar-refractivity contribution in [2.45, 2.75) is 30.8 Å². The fraction of sp³-hybridized carbons (Fsp3) is 0.625. The van der Waals surface area contributed by atoms with E-state index in [9.17, 15) is 12.8 Å². The second-order valence-electron chi connectivity index (χ2n) is 6.15. The van der Waals surface area contributed by atoms with Crippen LogP contribution >= 0.6 is 0 Å². The largest absolute Gasteiger partial charge is 0.494 e. The van der Waals surface area contributed by atoms with E-state index in [-0.39, 0.29) is 22.7 Å². The summed E-state index contributed by atoms with van der Waals surface area (Å²) in [4.78, 5) is -0.0276. The molecule has 2 aliphatic rings. The van der Waals surface area contributed by atoms with Crippen molar-refractivity contribution in [3.63, 3.8) is 0 Å². The average molecular weight is 343 g/mol. The van der Waals surface area contributed by atoms with E-state index in [0.717, 1.165) is 18.9 Å². The zero-order chi connectivity index (χ0) is 16.6. The number of hydrogen-bond donors (Lipinski definition) is 0. The third-order valence-electron chi connectivity index (χ3n) is 4.92. The minimum atomic E-state index is -3.69. The van der Waals surface area contributed by atoms with E-state index in [4.69, 9.17) is 9.47 Å². The van der Waals surface area contributed by atoms with Crippen LogP contribution in [0.25, 0.3) is 0 Å². The van der Waals surface area contributed by atoms with Crippen LogP contribution in [0.5, 0.6) is 5.75 Å². The van der Waals surface area contributed by atoms with Gasteiger partial charge in [0, 0.05) is 19.0 Å². The minimum Gasteiger partial charge on any atom is -0.494 e. The standard InChI is InChI=1S/C16H22FNO4S/c1-3-15-13-6-7-18(9-11(13)10-22-15)23(19,20)12-4-5-16(21-2)14(17)8-12/h4-5,8,11,13,15H,3,6-7,9-10H2,1-2H3/t11-,13-,15+/m1/s1. The molecule has 2 heterocycles. The highest BCUT2D eigenvalue weighted by Crippen LogP contribution is 2.37. The molecule has 0 spiro atoms. The predicted octanol–water partition coefficient (Wildman–Crippen LogP) is 2.27. The lowest BCUT2D eigenvalue weighted by atomic mass is 9.84. The van der Waals surface area contributed by atoms with Gasteiger partial charge in [-0.1, -0.05) is 6.92 Å². The first-order valence-electron chi connectivity index (χ1n) is 7.92. The third kappa shape index (κ3) is 2.97. The summed E-state index contributed by atoms with van der Waals surface area (Å²) in [7, 11) is -2.34. The Morgan fingerprint density at radius 3 is 2.87 bits per heavy atom. The SMILES string of the molecule is CC[C@@H]1OC[C@H]2CN(S(=O)(=O)c3ccc(OC)c(F)c3)CC[C@H]21. The van der Waals surface area contributed by atoms with Crippen molar-refractivity contribution in [1.29, 1.82) is 0 Å². The Hall–Kier alpha value is -1.18. The van der Waals surface area contributed by atoms with Gasteiger partial charge in [0.1, 0.15) is 0 Å². The van der Waals surface area contributed by atoms with Gasteiger partial charge in [0.15, 0.2) is 11.6 Å². The van der Waals surface area contributed by atoms with Gasteiger partial charge in [-0.15, -0.1) is 0 Å². The lowest BCUT2D eigenvalue weighted by molar-refractivity contribution is 0.0850. The zero-order valence-electron chi connectivity index (χ0n) is 13.4. The molecule has 23 heavy (non-hydrogen) atoms. The minimum absolute atomic E-state index is 0.0276. The van der Waals surface area contributed by atoms with E-state index in [1.54, 1.807) is 0 Å². The van der Waals surface area contributed by atoms with E-state index < -0.39 is 15.8 Å². The number of methoxy groups -OCH3 is 1. The van der Waals surface area contributed by atoms with E-state index >= 15 is 0 Å². The molecule has 0 bridgehead atoms. The number of ether oxygens (including phenoxy) is 2. The van der Waals surface area contributed by atoms with E-state index in [1.165, 1.54) is 23.5 Å². The Balaban J connectivity index is 1.80. The number of halogens is 1. The first-order chi connectivity index (χ1) is 11.0. The number of hydrogen-bond acceptors (Lipinski definition) is 4. The quantitative estimate of drug-likeness (QED) is 0.842. The van der Waals surface area contributed by atoms with Gasteiger partial charge >= 0.3 is 0 Å². The molecule has 0 N–H and O–H groups in total. The zero-order valence-corrected chi connectivity index (χ0v) is 14.2. The molecule has 3 atom stereocenters. The Morgan fingerprint density at radius 2 is 2.22 bits per heavy atom. The summed E-state index contributed by atoms with van der Waals surface area (Å²) in [6.45, 7) is 3.59. The molecule has 0 saturated carbocycles. The predicted molar refractivity (Wildman–Crippen MR) is 83.3 cm³/mol. The van der Waals surface area contributed by atoms with E-state index in [2.05, 4.69) is 6.92 Å². The lowest BCUT2D eigenvalue weighted by Crippen LogP contribution is -2.44. The monoisotopic (exact) mass is 343 g/mol. The normalized spacial score (nSPS) is 28.6. The highest BCUT2D eigenvalue weighted by atomic mass is 32.2. The van der Waals surface area contributed by atoms with Crippen LogP contribution in [0.4, 0.5) is 4.39 Å². The first-order valence-corrected chi connectivity index (χ1v) is 9.36. The van der Waals surface area contributed by atoms with Crippen LogP contribution in [0.2, 0.25) is 0 Å². The van der Waals surface area contributed by atoms with Crippen molar-refractivity contribution in [3.05, 3.63) is 24.0 Å². The Bertz CT molecular complexity index is 679. The number of piperidine rings is 1. The van der Waals surface area contributed by atoms with Crippen LogP contribution < -0.4 is 4.74 Å². The second kappa shape index (κ2) is 6.37. The summed E-state index contributed by atoms with van der Waals surface area (Å²) < 4.78 is 51.4. The molecule has 2 saturated heterocycles. The maximum absolute atomic E-state index is 13.8. The third-order valence-corrected chi connectivity index (χ3v) is 6.78. The fourth-order valence-corrected chi connectivity index (χ4v) is 5.17. The van der Waals surface area contributed by atoms with Gasteiger partial charge < -0.3 is 9.47 Å². The Morgan fingerprint density at radius 1 is 1.43 bits per heavy atom. The topological polar surface area (TPSA) is 55.8 Å². The first kappa shape index (κ1) is 16.7. The van der Waals surface area contributed by atoms with Gasteiger partial charge in [-0.3, -0.25) is 0 Å².